The van der Waals surface area contributed by atoms with Crippen molar-refractivity contribution < 1.29 is 22.3 Å². The molecule has 0 fully saturated rings. The number of aliphatic imine (C=N–C) groups is 1. The minimum absolute atomic E-state index is 0.215. The highest BCUT2D eigenvalue weighted by atomic mass is 19.3. The number of halogens is 4. The summed E-state index contributed by atoms with van der Waals surface area (Å²) in [6, 6.07) is 13.2. The molecule has 1 atom stereocenters. The first-order valence-electron chi connectivity index (χ1n) is 9.04. The summed E-state index contributed by atoms with van der Waals surface area (Å²) in [6.07, 6.45) is 2.03. The molecule has 0 bridgehead atoms. The summed E-state index contributed by atoms with van der Waals surface area (Å²) in [4.78, 5) is 7.46. The Hall–Kier alpha value is -3.50. The summed E-state index contributed by atoms with van der Waals surface area (Å²) >= 11 is 0. The zero-order valence-electron chi connectivity index (χ0n) is 16.1. The van der Waals surface area contributed by atoms with E-state index in [1.165, 1.54) is 6.07 Å². The molecule has 0 aliphatic rings. The standard InChI is InChI=1S/C21H19F4N5O/c22-14-6-8-17(18(23)10-14)20(26,12-28-13-30-27)21(24,25)19-9-7-16(11-29-19)31-15-4-2-1-3-5-15/h1-11,13H,12,26-27H2,(H,28,30). The Bertz CT molecular complexity index is 1050. The number of hydrogen-bond acceptors (Lipinski definition) is 5. The number of hydrogen-bond donors (Lipinski definition) is 3. The molecule has 10 heteroatoms. The first-order chi connectivity index (χ1) is 14.8. The zero-order valence-corrected chi connectivity index (χ0v) is 16.1. The molecular weight excluding hydrogens is 414 g/mol. The number of hydrazine groups is 1. The van der Waals surface area contributed by atoms with Crippen molar-refractivity contribution >= 4 is 6.34 Å². The highest BCUT2D eigenvalue weighted by Gasteiger charge is 2.55. The Balaban J connectivity index is 1.98. The molecule has 0 spiro atoms. The van der Waals surface area contributed by atoms with Crippen molar-refractivity contribution in [3.8, 4) is 11.5 Å². The lowest BCUT2D eigenvalue weighted by molar-refractivity contribution is -0.0865. The number of alkyl halides is 2. The third kappa shape index (κ3) is 4.65. The monoisotopic (exact) mass is 433 g/mol. The van der Waals surface area contributed by atoms with Crippen LogP contribution in [0.15, 0.2) is 71.9 Å². The van der Waals surface area contributed by atoms with Gasteiger partial charge >= 0.3 is 5.92 Å². The number of aromatic nitrogens is 1. The van der Waals surface area contributed by atoms with Gasteiger partial charge in [-0.3, -0.25) is 9.98 Å². The van der Waals surface area contributed by atoms with Crippen LogP contribution in [0.25, 0.3) is 0 Å². The van der Waals surface area contributed by atoms with E-state index >= 15 is 8.78 Å². The molecule has 0 saturated carbocycles. The Morgan fingerprint density at radius 2 is 1.77 bits per heavy atom. The van der Waals surface area contributed by atoms with Gasteiger partial charge in [-0.25, -0.2) is 14.6 Å². The molecule has 3 aromatic rings. The van der Waals surface area contributed by atoms with E-state index < -0.39 is 40.9 Å². The third-order valence-corrected chi connectivity index (χ3v) is 4.52. The predicted octanol–water partition coefficient (Wildman–Crippen LogP) is 3.59. The van der Waals surface area contributed by atoms with Crippen molar-refractivity contribution in [2.45, 2.75) is 11.5 Å². The topological polar surface area (TPSA) is 98.5 Å². The number of nitrogens with zero attached hydrogens (tertiary/aromatic N) is 2. The van der Waals surface area contributed by atoms with Crippen molar-refractivity contribution in [3.05, 3.63) is 89.8 Å². The van der Waals surface area contributed by atoms with E-state index in [-0.39, 0.29) is 5.75 Å². The fourth-order valence-corrected chi connectivity index (χ4v) is 2.93. The average Bonchev–Trinajstić information content (AvgIpc) is 2.75. The van der Waals surface area contributed by atoms with Crippen LogP contribution in [0.2, 0.25) is 0 Å². The van der Waals surface area contributed by atoms with Crippen LogP contribution in [-0.2, 0) is 11.5 Å². The Morgan fingerprint density at radius 1 is 1.03 bits per heavy atom. The van der Waals surface area contributed by atoms with Gasteiger partial charge in [-0.2, -0.15) is 8.78 Å². The largest absolute Gasteiger partial charge is 0.456 e. The lowest BCUT2D eigenvalue weighted by atomic mass is 9.82. The van der Waals surface area contributed by atoms with E-state index in [0.717, 1.165) is 30.7 Å². The van der Waals surface area contributed by atoms with E-state index in [4.69, 9.17) is 16.3 Å². The van der Waals surface area contributed by atoms with Gasteiger partial charge < -0.3 is 15.9 Å². The Kier molecular flexibility index (Phi) is 6.52. The molecule has 0 radical (unpaired) electrons. The SMILES string of the molecule is NNC=NCC(N)(c1ccc(F)cc1F)C(F)(F)c1ccc(Oc2ccccc2)cn1. The van der Waals surface area contributed by atoms with Gasteiger partial charge in [-0.1, -0.05) is 24.3 Å². The first kappa shape index (κ1) is 22.2. The quantitative estimate of drug-likeness (QED) is 0.166. The molecule has 162 valence electrons. The molecule has 1 heterocycles. The number of ether oxygens (including phenoxy) is 1. The van der Waals surface area contributed by atoms with Gasteiger partial charge in [0, 0.05) is 11.6 Å². The average molecular weight is 433 g/mol. The molecular formula is C21H19F4N5O. The molecule has 3 rings (SSSR count). The zero-order chi connectivity index (χ0) is 22.5. The fourth-order valence-electron chi connectivity index (χ4n) is 2.93. The lowest BCUT2D eigenvalue weighted by Crippen LogP contribution is -2.54. The number of nitrogens with one attached hydrogen (secondary N) is 1. The minimum Gasteiger partial charge on any atom is -0.456 e. The van der Waals surface area contributed by atoms with E-state index in [1.54, 1.807) is 30.3 Å². The van der Waals surface area contributed by atoms with Gasteiger partial charge in [0.2, 0.25) is 0 Å². The minimum atomic E-state index is -3.90. The van der Waals surface area contributed by atoms with E-state index in [0.29, 0.717) is 11.8 Å². The van der Waals surface area contributed by atoms with Gasteiger partial charge in [-0.15, -0.1) is 0 Å². The van der Waals surface area contributed by atoms with Crippen molar-refractivity contribution in [1.82, 2.24) is 10.4 Å². The lowest BCUT2D eigenvalue weighted by Gasteiger charge is -2.36. The van der Waals surface area contributed by atoms with Gasteiger partial charge in [0.25, 0.3) is 0 Å². The molecule has 1 aromatic heterocycles. The van der Waals surface area contributed by atoms with Crippen LogP contribution in [0, 0.1) is 11.6 Å². The number of rotatable bonds is 8. The molecule has 6 nitrogen and oxygen atoms in total. The number of benzene rings is 2. The smallest absolute Gasteiger partial charge is 0.313 e. The number of nitrogens with two attached hydrogens (primary N) is 2. The molecule has 5 N–H and O–H groups in total. The maximum Gasteiger partial charge on any atom is 0.313 e. The molecule has 2 aromatic carbocycles. The molecule has 0 aliphatic carbocycles. The molecule has 31 heavy (non-hydrogen) atoms. The summed E-state index contributed by atoms with van der Waals surface area (Å²) in [7, 11) is 0. The van der Waals surface area contributed by atoms with Crippen molar-refractivity contribution in [1.29, 1.82) is 0 Å². The van der Waals surface area contributed by atoms with E-state index in [1.807, 2.05) is 0 Å². The highest BCUT2D eigenvalue weighted by Crippen LogP contribution is 2.44. The Labute approximate surface area is 175 Å². The second-order valence-electron chi connectivity index (χ2n) is 6.60. The number of pyridine rings is 1. The van der Waals surface area contributed by atoms with Crippen LogP contribution < -0.4 is 21.7 Å². The predicted molar refractivity (Wildman–Crippen MR) is 108 cm³/mol. The fraction of sp³-hybridized carbons (Fsp3) is 0.143. The van der Waals surface area contributed by atoms with Crippen LogP contribution in [-0.4, -0.2) is 17.9 Å². The molecule has 1 unspecified atom stereocenters. The van der Waals surface area contributed by atoms with Gasteiger partial charge in [0.05, 0.1) is 19.1 Å². The summed E-state index contributed by atoms with van der Waals surface area (Å²) in [6.45, 7) is -0.767. The van der Waals surface area contributed by atoms with Gasteiger partial charge in [0.1, 0.15) is 34.4 Å². The third-order valence-electron chi connectivity index (χ3n) is 4.52. The summed E-state index contributed by atoms with van der Waals surface area (Å²) in [5.74, 6) is -0.287. The maximum atomic E-state index is 15.5. The Morgan fingerprint density at radius 3 is 2.39 bits per heavy atom. The molecule has 0 amide bonds. The molecule has 0 saturated heterocycles. The van der Waals surface area contributed by atoms with Crippen LogP contribution in [0.3, 0.4) is 0 Å². The van der Waals surface area contributed by atoms with Crippen LogP contribution in [0.1, 0.15) is 11.3 Å². The van der Waals surface area contributed by atoms with Crippen LogP contribution >= 0.6 is 0 Å². The van der Waals surface area contributed by atoms with Crippen LogP contribution in [0.5, 0.6) is 11.5 Å². The number of para-hydroxylation sites is 1. The summed E-state index contributed by atoms with van der Waals surface area (Å²) in [5, 5.41) is 0. The van der Waals surface area contributed by atoms with E-state index in [9.17, 15) is 8.78 Å². The van der Waals surface area contributed by atoms with Crippen molar-refractivity contribution in [2.75, 3.05) is 6.54 Å². The highest BCUT2D eigenvalue weighted by molar-refractivity contribution is 5.53. The van der Waals surface area contributed by atoms with Crippen molar-refractivity contribution in [2.24, 2.45) is 16.6 Å². The summed E-state index contributed by atoms with van der Waals surface area (Å²) < 4.78 is 64.4. The van der Waals surface area contributed by atoms with E-state index in [2.05, 4.69) is 15.4 Å². The van der Waals surface area contributed by atoms with Gasteiger partial charge in [0.15, 0.2) is 0 Å². The normalized spacial score (nSPS) is 13.7. The molecule has 0 aliphatic heterocycles. The van der Waals surface area contributed by atoms with Crippen LogP contribution in [0.4, 0.5) is 17.6 Å². The first-order valence-corrected chi connectivity index (χ1v) is 9.04. The van der Waals surface area contributed by atoms with Crippen molar-refractivity contribution in [3.63, 3.8) is 0 Å². The van der Waals surface area contributed by atoms with Gasteiger partial charge in [-0.05, 0) is 30.3 Å². The maximum absolute atomic E-state index is 15.5. The second-order valence-corrected chi connectivity index (χ2v) is 6.60. The summed E-state index contributed by atoms with van der Waals surface area (Å²) in [5.41, 5.74) is 4.02. The second kappa shape index (κ2) is 9.11.